The molecule has 1 aliphatic rings. The van der Waals surface area contributed by atoms with Crippen molar-refractivity contribution in [3.05, 3.63) is 29.3 Å². The van der Waals surface area contributed by atoms with Gasteiger partial charge in [0.2, 0.25) is 0 Å². The third kappa shape index (κ3) is 3.49. The Morgan fingerprint density at radius 3 is 2.50 bits per heavy atom. The van der Waals surface area contributed by atoms with Crippen LogP contribution in [0.3, 0.4) is 0 Å². The van der Waals surface area contributed by atoms with Crippen molar-refractivity contribution in [1.29, 1.82) is 0 Å². The summed E-state index contributed by atoms with van der Waals surface area (Å²) in [7, 11) is 2.03. The van der Waals surface area contributed by atoms with Crippen molar-refractivity contribution in [1.82, 2.24) is 5.32 Å². The zero-order valence-corrected chi connectivity index (χ0v) is 11.8. The molecular weight excluding hydrogens is 220 g/mol. The third-order valence-electron chi connectivity index (χ3n) is 3.83. The second-order valence-corrected chi connectivity index (χ2v) is 5.39. The Bertz CT molecular complexity index is 365. The Hall–Kier alpha value is -1.02. The highest BCUT2D eigenvalue weighted by Gasteiger charge is 2.13. The van der Waals surface area contributed by atoms with Crippen LogP contribution >= 0.6 is 0 Å². The van der Waals surface area contributed by atoms with Crippen molar-refractivity contribution >= 4 is 5.69 Å². The maximum Gasteiger partial charge on any atom is 0.0399 e. The average Bonchev–Trinajstić information content (AvgIpc) is 2.65. The molecule has 1 aromatic carbocycles. The lowest BCUT2D eigenvalue weighted by atomic mass is 10.0. The number of likely N-dealkylation sites (N-methyl/N-ethyl adjacent to an activating group) is 1. The first-order chi connectivity index (χ1) is 8.81. The zero-order chi connectivity index (χ0) is 12.8. The predicted molar refractivity (Wildman–Crippen MR) is 79.5 cm³/mol. The lowest BCUT2D eigenvalue weighted by molar-refractivity contribution is 0.726. The largest absolute Gasteiger partial charge is 0.371 e. The van der Waals surface area contributed by atoms with E-state index in [-0.39, 0.29) is 0 Å². The van der Waals surface area contributed by atoms with Gasteiger partial charge in [-0.3, -0.25) is 0 Å². The van der Waals surface area contributed by atoms with Gasteiger partial charge in [0.1, 0.15) is 0 Å². The molecule has 18 heavy (non-hydrogen) atoms. The van der Waals surface area contributed by atoms with Gasteiger partial charge in [-0.05, 0) is 51.4 Å². The van der Waals surface area contributed by atoms with Crippen LogP contribution in [0.25, 0.3) is 0 Å². The molecule has 0 saturated carbocycles. The van der Waals surface area contributed by atoms with E-state index in [0.717, 1.165) is 13.0 Å². The molecule has 0 atom stereocenters. The minimum Gasteiger partial charge on any atom is -0.371 e. The van der Waals surface area contributed by atoms with Crippen LogP contribution in [0.5, 0.6) is 0 Å². The first-order valence-corrected chi connectivity index (χ1v) is 7.30. The Morgan fingerprint density at radius 1 is 1.11 bits per heavy atom. The molecule has 1 heterocycles. The molecule has 2 nitrogen and oxygen atoms in total. The molecule has 0 radical (unpaired) electrons. The number of rotatable bonds is 4. The van der Waals surface area contributed by atoms with Crippen LogP contribution in [0.1, 0.15) is 36.8 Å². The van der Waals surface area contributed by atoms with Crippen LogP contribution in [0, 0.1) is 6.92 Å². The van der Waals surface area contributed by atoms with Gasteiger partial charge in [-0.2, -0.15) is 0 Å². The highest BCUT2D eigenvalue weighted by molar-refractivity contribution is 5.55. The van der Waals surface area contributed by atoms with Crippen LogP contribution in [-0.4, -0.2) is 26.7 Å². The van der Waals surface area contributed by atoms with Crippen LogP contribution < -0.4 is 10.2 Å². The number of hydrogen-bond acceptors (Lipinski definition) is 2. The van der Waals surface area contributed by atoms with Gasteiger partial charge in [-0.25, -0.2) is 0 Å². The summed E-state index contributed by atoms with van der Waals surface area (Å²) in [4.78, 5) is 2.59. The van der Waals surface area contributed by atoms with Gasteiger partial charge in [0.15, 0.2) is 0 Å². The van der Waals surface area contributed by atoms with Gasteiger partial charge in [0, 0.05) is 18.8 Å². The van der Waals surface area contributed by atoms with Gasteiger partial charge in [0.05, 0.1) is 0 Å². The molecule has 0 aromatic heterocycles. The summed E-state index contributed by atoms with van der Waals surface area (Å²) >= 11 is 0. The predicted octanol–water partition coefficient (Wildman–Crippen LogP) is 3.14. The summed E-state index contributed by atoms with van der Waals surface area (Å²) in [5, 5.41) is 3.26. The summed E-state index contributed by atoms with van der Waals surface area (Å²) in [6.45, 7) is 5.71. The van der Waals surface area contributed by atoms with Gasteiger partial charge in [-0.15, -0.1) is 0 Å². The van der Waals surface area contributed by atoms with Crippen molar-refractivity contribution in [2.75, 3.05) is 31.6 Å². The zero-order valence-electron chi connectivity index (χ0n) is 11.8. The monoisotopic (exact) mass is 246 g/mol. The minimum atomic E-state index is 1.06. The van der Waals surface area contributed by atoms with E-state index in [9.17, 15) is 0 Å². The first-order valence-electron chi connectivity index (χ1n) is 7.30. The molecule has 1 N–H and O–H groups in total. The highest BCUT2D eigenvalue weighted by Crippen LogP contribution is 2.25. The third-order valence-corrected chi connectivity index (χ3v) is 3.83. The van der Waals surface area contributed by atoms with E-state index in [1.807, 2.05) is 7.05 Å². The van der Waals surface area contributed by atoms with Crippen molar-refractivity contribution < 1.29 is 0 Å². The van der Waals surface area contributed by atoms with E-state index in [1.165, 1.54) is 55.6 Å². The molecule has 2 heteroatoms. The maximum atomic E-state index is 3.26. The van der Waals surface area contributed by atoms with E-state index in [2.05, 4.69) is 35.3 Å². The van der Waals surface area contributed by atoms with Gasteiger partial charge >= 0.3 is 0 Å². The Balaban J connectivity index is 2.18. The normalized spacial score (nSPS) is 16.7. The first kappa shape index (κ1) is 13.4. The smallest absolute Gasteiger partial charge is 0.0399 e. The SMILES string of the molecule is CNCCc1cc(C)ccc1N1CCCCCC1. The number of nitrogens with one attached hydrogen (secondary N) is 1. The standard InChI is InChI=1S/C16H26N2/c1-14-7-8-16(15(13-14)9-10-17-2)18-11-5-3-4-6-12-18/h7-8,13,17H,3-6,9-12H2,1-2H3. The summed E-state index contributed by atoms with van der Waals surface area (Å²) in [6, 6.07) is 6.94. The van der Waals surface area contributed by atoms with Gasteiger partial charge in [-0.1, -0.05) is 30.5 Å². The van der Waals surface area contributed by atoms with E-state index in [1.54, 1.807) is 0 Å². The lowest BCUT2D eigenvalue weighted by Gasteiger charge is -2.26. The minimum absolute atomic E-state index is 1.06. The molecule has 0 aliphatic carbocycles. The van der Waals surface area contributed by atoms with Crippen molar-refractivity contribution in [3.63, 3.8) is 0 Å². The lowest BCUT2D eigenvalue weighted by Crippen LogP contribution is -2.25. The van der Waals surface area contributed by atoms with E-state index < -0.39 is 0 Å². The van der Waals surface area contributed by atoms with Crippen LogP contribution in [0.15, 0.2) is 18.2 Å². The van der Waals surface area contributed by atoms with E-state index in [4.69, 9.17) is 0 Å². The molecule has 1 saturated heterocycles. The van der Waals surface area contributed by atoms with Gasteiger partial charge in [0.25, 0.3) is 0 Å². The van der Waals surface area contributed by atoms with E-state index in [0.29, 0.717) is 0 Å². The molecule has 1 aromatic rings. The highest BCUT2D eigenvalue weighted by atomic mass is 15.1. The Kier molecular flexibility index (Phi) is 5.06. The quantitative estimate of drug-likeness (QED) is 0.878. The fraction of sp³-hybridized carbons (Fsp3) is 0.625. The van der Waals surface area contributed by atoms with Crippen LogP contribution in [-0.2, 0) is 6.42 Å². The number of nitrogens with zero attached hydrogens (tertiary/aromatic N) is 1. The molecule has 0 amide bonds. The van der Waals surface area contributed by atoms with Gasteiger partial charge < -0.3 is 10.2 Å². The summed E-state index contributed by atoms with van der Waals surface area (Å²) in [5.74, 6) is 0. The Labute approximate surface area is 111 Å². The molecule has 0 unspecified atom stereocenters. The Morgan fingerprint density at radius 2 is 1.83 bits per heavy atom. The van der Waals surface area contributed by atoms with E-state index >= 15 is 0 Å². The molecule has 2 rings (SSSR count). The molecule has 1 fully saturated rings. The topological polar surface area (TPSA) is 15.3 Å². The second-order valence-electron chi connectivity index (χ2n) is 5.39. The van der Waals surface area contributed by atoms with Crippen molar-refractivity contribution in [2.24, 2.45) is 0 Å². The molecule has 0 spiro atoms. The summed E-state index contributed by atoms with van der Waals surface area (Å²) in [5.41, 5.74) is 4.35. The molecule has 100 valence electrons. The summed E-state index contributed by atoms with van der Waals surface area (Å²) in [6.07, 6.45) is 6.62. The number of aryl methyl sites for hydroxylation is 1. The van der Waals surface area contributed by atoms with Crippen LogP contribution in [0.4, 0.5) is 5.69 Å². The fourth-order valence-electron chi connectivity index (χ4n) is 2.79. The van der Waals surface area contributed by atoms with Crippen LogP contribution in [0.2, 0.25) is 0 Å². The molecule has 0 bridgehead atoms. The second kappa shape index (κ2) is 6.79. The summed E-state index contributed by atoms with van der Waals surface area (Å²) < 4.78 is 0. The van der Waals surface area contributed by atoms with Crippen molar-refractivity contribution in [3.8, 4) is 0 Å². The number of hydrogen-bond donors (Lipinski definition) is 1. The fourth-order valence-corrected chi connectivity index (χ4v) is 2.79. The average molecular weight is 246 g/mol. The number of benzene rings is 1. The maximum absolute atomic E-state index is 3.26. The number of anilines is 1. The molecular formula is C16H26N2. The van der Waals surface area contributed by atoms with Crippen molar-refractivity contribution in [2.45, 2.75) is 39.0 Å². The molecule has 1 aliphatic heterocycles.